The van der Waals surface area contributed by atoms with Gasteiger partial charge in [-0.1, -0.05) is 0 Å². The first-order valence-electron chi connectivity index (χ1n) is 6.62. The topological polar surface area (TPSA) is 82.5 Å². The molecule has 1 aromatic heterocycles. The number of aromatic nitrogens is 1. The van der Waals surface area contributed by atoms with Gasteiger partial charge in [0, 0.05) is 5.38 Å². The van der Waals surface area contributed by atoms with Crippen molar-refractivity contribution in [3.63, 3.8) is 0 Å². The van der Waals surface area contributed by atoms with Crippen molar-refractivity contribution in [2.45, 2.75) is 38.6 Å². The van der Waals surface area contributed by atoms with Crippen LogP contribution >= 0.6 is 11.3 Å². The van der Waals surface area contributed by atoms with Gasteiger partial charge in [0.1, 0.15) is 5.54 Å². The van der Waals surface area contributed by atoms with Crippen molar-refractivity contribution in [2.24, 2.45) is 0 Å². The number of rotatable bonds is 4. The highest BCUT2D eigenvalue weighted by Gasteiger charge is 2.41. The predicted molar refractivity (Wildman–Crippen MR) is 76.9 cm³/mol. The Kier molecular flexibility index (Phi) is 4.39. The lowest BCUT2D eigenvalue weighted by atomic mass is 9.88. The second-order valence-corrected chi connectivity index (χ2v) is 6.16. The van der Waals surface area contributed by atoms with E-state index in [1.165, 1.54) is 11.3 Å². The van der Waals surface area contributed by atoms with E-state index in [1.807, 2.05) is 12.3 Å². The Balaban J connectivity index is 2.00. The van der Waals surface area contributed by atoms with Crippen LogP contribution in [0.25, 0.3) is 0 Å². The number of carbonyl (C=O) groups excluding carboxylic acids is 1. The molecule has 1 aromatic rings. The van der Waals surface area contributed by atoms with E-state index in [0.717, 1.165) is 18.5 Å². The summed E-state index contributed by atoms with van der Waals surface area (Å²) in [4.78, 5) is 29.4. The van der Waals surface area contributed by atoms with Gasteiger partial charge in [-0.3, -0.25) is 14.5 Å². The molecule has 0 bridgehead atoms. The zero-order valence-electron chi connectivity index (χ0n) is 11.7. The Morgan fingerprint density at radius 2 is 2.30 bits per heavy atom. The molecule has 2 rings (SSSR count). The Morgan fingerprint density at radius 3 is 2.90 bits per heavy atom. The van der Waals surface area contributed by atoms with Crippen molar-refractivity contribution in [1.82, 2.24) is 9.88 Å². The number of carboxylic acids is 1. The second-order valence-electron chi connectivity index (χ2n) is 5.30. The van der Waals surface area contributed by atoms with E-state index in [1.54, 1.807) is 11.8 Å². The highest BCUT2D eigenvalue weighted by Crippen LogP contribution is 2.28. The quantitative estimate of drug-likeness (QED) is 0.884. The summed E-state index contributed by atoms with van der Waals surface area (Å²) in [6.45, 7) is 4.27. The number of aryl methyl sites for hydroxylation is 1. The number of carboxylic acid groups (broad SMARTS) is 1. The third kappa shape index (κ3) is 3.16. The molecule has 1 aliphatic heterocycles. The van der Waals surface area contributed by atoms with Crippen LogP contribution in [-0.4, -0.2) is 45.5 Å². The summed E-state index contributed by atoms with van der Waals surface area (Å²) in [7, 11) is 0. The summed E-state index contributed by atoms with van der Waals surface area (Å²) in [6, 6.07) is 0. The van der Waals surface area contributed by atoms with Gasteiger partial charge in [-0.25, -0.2) is 4.98 Å². The van der Waals surface area contributed by atoms with E-state index in [2.05, 4.69) is 10.3 Å². The van der Waals surface area contributed by atoms with Gasteiger partial charge in [-0.2, -0.15) is 0 Å². The Hall–Kier alpha value is -1.47. The highest BCUT2D eigenvalue weighted by atomic mass is 32.1. The van der Waals surface area contributed by atoms with Crippen molar-refractivity contribution < 1.29 is 14.7 Å². The van der Waals surface area contributed by atoms with Gasteiger partial charge < -0.3 is 10.4 Å². The van der Waals surface area contributed by atoms with Gasteiger partial charge in [0.25, 0.3) is 0 Å². The van der Waals surface area contributed by atoms with E-state index in [0.29, 0.717) is 18.1 Å². The molecule has 1 amide bonds. The number of amides is 1. The van der Waals surface area contributed by atoms with Crippen molar-refractivity contribution in [3.05, 3.63) is 11.1 Å². The molecule has 1 saturated heterocycles. The van der Waals surface area contributed by atoms with Crippen LogP contribution < -0.4 is 5.32 Å². The van der Waals surface area contributed by atoms with Crippen LogP contribution in [0, 0.1) is 6.92 Å². The first-order chi connectivity index (χ1) is 9.41. The lowest BCUT2D eigenvalue weighted by molar-refractivity contribution is -0.153. The number of hydrogen-bond donors (Lipinski definition) is 2. The molecule has 0 aliphatic carbocycles. The summed E-state index contributed by atoms with van der Waals surface area (Å²) in [5, 5.41) is 14.5. The van der Waals surface area contributed by atoms with Gasteiger partial charge in [0.05, 0.1) is 12.2 Å². The van der Waals surface area contributed by atoms with Gasteiger partial charge in [0.15, 0.2) is 5.13 Å². The van der Waals surface area contributed by atoms with E-state index < -0.39 is 11.5 Å². The molecule has 1 fully saturated rings. The molecule has 7 heteroatoms. The molecular weight excluding hydrogens is 278 g/mol. The minimum atomic E-state index is -0.950. The maximum Gasteiger partial charge on any atom is 0.323 e. The Morgan fingerprint density at radius 1 is 1.55 bits per heavy atom. The summed E-state index contributed by atoms with van der Waals surface area (Å²) < 4.78 is 0. The number of aliphatic carboxylic acids is 1. The maximum absolute atomic E-state index is 12.0. The monoisotopic (exact) mass is 297 g/mol. The fraction of sp³-hybridized carbons (Fsp3) is 0.615. The van der Waals surface area contributed by atoms with Crippen LogP contribution in [-0.2, 0) is 9.59 Å². The molecule has 0 saturated carbocycles. The third-order valence-electron chi connectivity index (χ3n) is 3.70. The summed E-state index contributed by atoms with van der Waals surface area (Å²) in [6.07, 6.45) is 2.38. The van der Waals surface area contributed by atoms with Crippen LogP contribution in [0.4, 0.5) is 5.13 Å². The number of carbonyl (C=O) groups is 2. The zero-order chi connectivity index (χ0) is 14.8. The number of hydrogen-bond acceptors (Lipinski definition) is 5. The lowest BCUT2D eigenvalue weighted by Gasteiger charge is -2.41. The molecule has 110 valence electrons. The number of nitrogens with one attached hydrogen (secondary N) is 1. The first kappa shape index (κ1) is 14.9. The summed E-state index contributed by atoms with van der Waals surface area (Å²) in [5.74, 6) is -1.08. The largest absolute Gasteiger partial charge is 0.480 e. The Labute approximate surface area is 121 Å². The molecule has 1 atom stereocenters. The molecule has 0 radical (unpaired) electrons. The maximum atomic E-state index is 12.0. The van der Waals surface area contributed by atoms with Crippen LogP contribution in [0.3, 0.4) is 0 Å². The second kappa shape index (κ2) is 5.88. The SMILES string of the molecule is Cc1csc(NC(=O)CN2CCCCC2(C)C(=O)O)n1. The predicted octanol–water partition coefficient (Wildman–Crippen LogP) is 1.72. The summed E-state index contributed by atoms with van der Waals surface area (Å²) >= 11 is 1.37. The smallest absolute Gasteiger partial charge is 0.323 e. The number of piperidine rings is 1. The molecule has 2 N–H and O–H groups in total. The first-order valence-corrected chi connectivity index (χ1v) is 7.50. The van der Waals surface area contributed by atoms with E-state index in [4.69, 9.17) is 0 Å². The van der Waals surface area contributed by atoms with Crippen LogP contribution in [0.15, 0.2) is 5.38 Å². The average molecular weight is 297 g/mol. The van der Waals surface area contributed by atoms with Gasteiger partial charge >= 0.3 is 5.97 Å². The van der Waals surface area contributed by atoms with E-state index >= 15 is 0 Å². The van der Waals surface area contributed by atoms with Crippen molar-refractivity contribution in [1.29, 1.82) is 0 Å². The molecule has 6 nitrogen and oxygen atoms in total. The number of anilines is 1. The van der Waals surface area contributed by atoms with Gasteiger partial charge in [-0.05, 0) is 39.7 Å². The molecular formula is C13H19N3O3S. The number of thiazole rings is 1. The number of likely N-dealkylation sites (tertiary alicyclic amines) is 1. The fourth-order valence-electron chi connectivity index (χ4n) is 2.42. The highest BCUT2D eigenvalue weighted by molar-refractivity contribution is 7.13. The van der Waals surface area contributed by atoms with Crippen molar-refractivity contribution in [3.8, 4) is 0 Å². The van der Waals surface area contributed by atoms with Crippen LogP contribution in [0.5, 0.6) is 0 Å². The van der Waals surface area contributed by atoms with Crippen molar-refractivity contribution in [2.75, 3.05) is 18.4 Å². The third-order valence-corrected chi connectivity index (χ3v) is 4.58. The fourth-order valence-corrected chi connectivity index (χ4v) is 3.12. The van der Waals surface area contributed by atoms with Gasteiger partial charge in [-0.15, -0.1) is 11.3 Å². The normalized spacial score (nSPS) is 23.5. The van der Waals surface area contributed by atoms with E-state index in [9.17, 15) is 14.7 Å². The van der Waals surface area contributed by atoms with E-state index in [-0.39, 0.29) is 12.5 Å². The van der Waals surface area contributed by atoms with Gasteiger partial charge in [0.2, 0.25) is 5.91 Å². The summed E-state index contributed by atoms with van der Waals surface area (Å²) in [5.41, 5.74) is -0.0902. The van der Waals surface area contributed by atoms with Crippen molar-refractivity contribution >= 4 is 28.3 Å². The lowest BCUT2D eigenvalue weighted by Crippen LogP contribution is -2.57. The Bertz CT molecular complexity index is 517. The minimum Gasteiger partial charge on any atom is -0.480 e. The molecule has 2 heterocycles. The van der Waals surface area contributed by atoms with Crippen LogP contribution in [0.2, 0.25) is 0 Å². The molecule has 0 aromatic carbocycles. The average Bonchev–Trinajstić information content (AvgIpc) is 2.77. The minimum absolute atomic E-state index is 0.0847. The zero-order valence-corrected chi connectivity index (χ0v) is 12.5. The number of nitrogens with zero attached hydrogens (tertiary/aromatic N) is 2. The molecule has 1 unspecified atom stereocenters. The molecule has 1 aliphatic rings. The molecule has 20 heavy (non-hydrogen) atoms. The molecule has 0 spiro atoms. The standard InChI is InChI=1S/C13H19N3O3S/c1-9-8-20-12(14-9)15-10(17)7-16-6-4-3-5-13(16,2)11(18)19/h8H,3-7H2,1-2H3,(H,18,19)(H,14,15,17). The van der Waals surface area contributed by atoms with Crippen LogP contribution in [0.1, 0.15) is 31.9 Å².